The Hall–Kier alpha value is -3.61. The molecule has 7 nitrogen and oxygen atoms in total. The molecule has 1 amide bonds. The molecule has 0 radical (unpaired) electrons. The smallest absolute Gasteiger partial charge is 0.358 e. The van der Waals surface area contributed by atoms with E-state index in [4.69, 9.17) is 9.47 Å². The van der Waals surface area contributed by atoms with Crippen molar-refractivity contribution in [2.75, 3.05) is 26.8 Å². The van der Waals surface area contributed by atoms with Gasteiger partial charge in [0.25, 0.3) is 5.91 Å². The highest BCUT2D eigenvalue weighted by atomic mass is 16.5. The Labute approximate surface area is 200 Å². The van der Waals surface area contributed by atoms with Crippen molar-refractivity contribution in [3.63, 3.8) is 0 Å². The number of methoxy groups -OCH3 is 1. The number of rotatable bonds is 6. The summed E-state index contributed by atoms with van der Waals surface area (Å²) in [5.41, 5.74) is 3.24. The Kier molecular flexibility index (Phi) is 7.01. The number of aromatic nitrogens is 2. The fourth-order valence-corrected chi connectivity index (χ4v) is 4.61. The maximum atomic E-state index is 13.1. The highest BCUT2D eigenvalue weighted by molar-refractivity contribution is 5.94. The van der Waals surface area contributed by atoms with Gasteiger partial charge in [0.2, 0.25) is 0 Å². The highest BCUT2D eigenvalue weighted by Crippen LogP contribution is 2.27. The molecule has 0 aliphatic carbocycles. The number of esters is 1. The van der Waals surface area contributed by atoms with E-state index < -0.39 is 5.97 Å². The van der Waals surface area contributed by atoms with E-state index in [-0.39, 0.29) is 18.2 Å². The molecule has 178 valence electrons. The van der Waals surface area contributed by atoms with Crippen molar-refractivity contribution < 1.29 is 19.1 Å². The summed E-state index contributed by atoms with van der Waals surface area (Å²) in [5.74, 6) is 1.32. The monoisotopic (exact) mass is 461 g/mol. The number of amides is 1. The Balaban J connectivity index is 1.66. The molecule has 2 heterocycles. The molecule has 2 atom stereocenters. The second-order valence-corrected chi connectivity index (χ2v) is 8.98. The fraction of sp³-hybridized carbons (Fsp3) is 0.370. The minimum absolute atomic E-state index is 0.0491. The molecule has 1 saturated heterocycles. The van der Waals surface area contributed by atoms with Gasteiger partial charge < -0.3 is 14.4 Å². The van der Waals surface area contributed by atoms with Crippen LogP contribution in [0.4, 0.5) is 0 Å². The van der Waals surface area contributed by atoms with Gasteiger partial charge in [-0.3, -0.25) is 4.79 Å². The first-order chi connectivity index (χ1) is 16.4. The average Bonchev–Trinajstić information content (AvgIpc) is 3.29. The predicted molar refractivity (Wildman–Crippen MR) is 130 cm³/mol. The van der Waals surface area contributed by atoms with Crippen molar-refractivity contribution in [3.05, 3.63) is 65.9 Å². The first-order valence-corrected chi connectivity index (χ1v) is 11.7. The molecule has 0 spiro atoms. The SMILES string of the molecule is CCOC(=O)c1cc(-c2ccc(OC)cc2)n(-c2ccc(C(=O)N3C[C@@H](C)C[C@H](C)C3)cc2)n1. The summed E-state index contributed by atoms with van der Waals surface area (Å²) in [4.78, 5) is 27.4. The van der Waals surface area contributed by atoms with Gasteiger partial charge in [-0.1, -0.05) is 13.8 Å². The Bertz CT molecular complexity index is 1140. The first kappa shape index (κ1) is 23.5. The van der Waals surface area contributed by atoms with Gasteiger partial charge in [0, 0.05) is 24.2 Å². The van der Waals surface area contributed by atoms with Gasteiger partial charge in [-0.05, 0) is 79.8 Å². The molecule has 1 fully saturated rings. The van der Waals surface area contributed by atoms with Gasteiger partial charge in [0.05, 0.1) is 25.1 Å². The third-order valence-corrected chi connectivity index (χ3v) is 6.09. The lowest BCUT2D eigenvalue weighted by molar-refractivity contribution is 0.0518. The minimum Gasteiger partial charge on any atom is -0.497 e. The zero-order valence-corrected chi connectivity index (χ0v) is 20.2. The molecule has 0 bridgehead atoms. The molecule has 2 aromatic carbocycles. The van der Waals surface area contributed by atoms with Crippen molar-refractivity contribution in [1.29, 1.82) is 0 Å². The first-order valence-electron chi connectivity index (χ1n) is 11.7. The zero-order chi connectivity index (χ0) is 24.2. The van der Waals surface area contributed by atoms with Crippen LogP contribution in [0.1, 0.15) is 48.0 Å². The molecule has 7 heteroatoms. The molecule has 0 unspecified atom stereocenters. The van der Waals surface area contributed by atoms with E-state index in [0.717, 1.165) is 42.2 Å². The lowest BCUT2D eigenvalue weighted by atomic mass is 9.91. The molecule has 34 heavy (non-hydrogen) atoms. The molecule has 1 aliphatic rings. The van der Waals surface area contributed by atoms with Gasteiger partial charge in [-0.25, -0.2) is 9.48 Å². The van der Waals surface area contributed by atoms with E-state index in [1.165, 1.54) is 0 Å². The van der Waals surface area contributed by atoms with Crippen molar-refractivity contribution in [2.24, 2.45) is 11.8 Å². The van der Waals surface area contributed by atoms with Crippen LogP contribution < -0.4 is 4.74 Å². The van der Waals surface area contributed by atoms with Crippen molar-refractivity contribution in [1.82, 2.24) is 14.7 Å². The Morgan fingerprint density at radius 2 is 1.65 bits per heavy atom. The lowest BCUT2D eigenvalue weighted by Crippen LogP contribution is -2.42. The van der Waals surface area contributed by atoms with Gasteiger partial charge in [0.1, 0.15) is 5.75 Å². The van der Waals surface area contributed by atoms with Crippen molar-refractivity contribution in [2.45, 2.75) is 27.2 Å². The molecule has 3 aromatic rings. The lowest BCUT2D eigenvalue weighted by Gasteiger charge is -2.35. The predicted octanol–water partition coefficient (Wildman–Crippen LogP) is 4.84. The van der Waals surface area contributed by atoms with Crippen LogP contribution in [-0.2, 0) is 4.74 Å². The number of carbonyl (C=O) groups excluding carboxylic acids is 2. The normalized spacial score (nSPS) is 17.9. The highest BCUT2D eigenvalue weighted by Gasteiger charge is 2.26. The number of ether oxygens (including phenoxy) is 2. The molecule has 0 N–H and O–H groups in total. The van der Waals surface area contributed by atoms with Crippen LogP contribution >= 0.6 is 0 Å². The molecular weight excluding hydrogens is 430 g/mol. The van der Waals surface area contributed by atoms with Crippen molar-refractivity contribution >= 4 is 11.9 Å². The maximum Gasteiger partial charge on any atom is 0.358 e. The molecule has 1 aromatic heterocycles. The second kappa shape index (κ2) is 10.1. The van der Waals surface area contributed by atoms with Crippen molar-refractivity contribution in [3.8, 4) is 22.7 Å². The summed E-state index contributed by atoms with van der Waals surface area (Å²) in [6.07, 6.45) is 1.15. The van der Waals surface area contributed by atoms with Gasteiger partial charge in [-0.2, -0.15) is 5.10 Å². The summed E-state index contributed by atoms with van der Waals surface area (Å²) in [6, 6.07) is 16.6. The van der Waals surface area contributed by atoms with Crippen LogP contribution in [0.3, 0.4) is 0 Å². The topological polar surface area (TPSA) is 73.7 Å². The molecule has 1 aliphatic heterocycles. The van der Waals surface area contributed by atoms with E-state index in [1.807, 2.05) is 53.4 Å². The third-order valence-electron chi connectivity index (χ3n) is 6.09. The summed E-state index contributed by atoms with van der Waals surface area (Å²) in [5, 5.41) is 4.52. The van der Waals surface area contributed by atoms with Crippen LogP contribution in [0.2, 0.25) is 0 Å². The number of benzene rings is 2. The van der Waals surface area contributed by atoms with Gasteiger partial charge in [0.15, 0.2) is 5.69 Å². The summed E-state index contributed by atoms with van der Waals surface area (Å²) >= 11 is 0. The van der Waals surface area contributed by atoms with Gasteiger partial charge >= 0.3 is 5.97 Å². The van der Waals surface area contributed by atoms with E-state index in [1.54, 1.807) is 24.8 Å². The van der Waals surface area contributed by atoms with E-state index in [9.17, 15) is 9.59 Å². The number of hydrogen-bond acceptors (Lipinski definition) is 5. The fourth-order valence-electron chi connectivity index (χ4n) is 4.61. The Morgan fingerprint density at radius 3 is 2.24 bits per heavy atom. The molecular formula is C27H31N3O4. The largest absolute Gasteiger partial charge is 0.497 e. The van der Waals surface area contributed by atoms with E-state index in [0.29, 0.717) is 17.4 Å². The summed E-state index contributed by atoms with van der Waals surface area (Å²) in [7, 11) is 1.62. The third kappa shape index (κ3) is 4.98. The standard InChI is InChI=1S/C27H31N3O4/c1-5-34-27(32)24-15-25(20-8-12-23(33-4)13-9-20)30(28-24)22-10-6-21(7-11-22)26(31)29-16-18(2)14-19(3)17-29/h6-13,15,18-19H,5,14,16-17H2,1-4H3/t18-,19-/m0/s1. The number of piperidine rings is 1. The van der Waals surface area contributed by atoms with E-state index in [2.05, 4.69) is 18.9 Å². The number of hydrogen-bond donors (Lipinski definition) is 0. The number of carbonyl (C=O) groups is 2. The van der Waals surface area contributed by atoms with Crippen LogP contribution in [0.15, 0.2) is 54.6 Å². The summed E-state index contributed by atoms with van der Waals surface area (Å²) in [6.45, 7) is 7.99. The van der Waals surface area contributed by atoms with E-state index >= 15 is 0 Å². The minimum atomic E-state index is -0.476. The second-order valence-electron chi connectivity index (χ2n) is 8.98. The average molecular weight is 462 g/mol. The summed E-state index contributed by atoms with van der Waals surface area (Å²) < 4.78 is 12.1. The van der Waals surface area contributed by atoms with Crippen LogP contribution in [-0.4, -0.2) is 53.4 Å². The quantitative estimate of drug-likeness (QED) is 0.491. The number of likely N-dealkylation sites (tertiary alicyclic amines) is 1. The van der Waals surface area contributed by atoms with Crippen LogP contribution in [0.25, 0.3) is 16.9 Å². The number of nitrogens with zero attached hydrogens (tertiary/aromatic N) is 3. The van der Waals surface area contributed by atoms with Crippen LogP contribution in [0.5, 0.6) is 5.75 Å². The molecule has 0 saturated carbocycles. The Morgan fingerprint density at radius 1 is 1.00 bits per heavy atom. The zero-order valence-electron chi connectivity index (χ0n) is 20.2. The van der Waals surface area contributed by atoms with Gasteiger partial charge in [-0.15, -0.1) is 0 Å². The molecule has 4 rings (SSSR count). The maximum absolute atomic E-state index is 13.1. The van der Waals surface area contributed by atoms with Crippen LogP contribution in [0, 0.1) is 11.8 Å².